The molecule has 1 aliphatic rings. The Bertz CT molecular complexity index is 652. The Hall–Kier alpha value is -2.15. The standard InChI is InChI=1S/C23H30FNO2/c1-2-3-4-6-18-11-15-22(16-12-18)27-23(26)20-13-9-19(10-14-20)7-5-8-21(24)17-25/h8,11-12,15-16,19-20H,2-7,9-10,13-14H2,1H3/b21-8+. The van der Waals surface area contributed by atoms with Crippen molar-refractivity contribution in [2.24, 2.45) is 11.8 Å². The van der Waals surface area contributed by atoms with Crippen molar-refractivity contribution in [2.75, 3.05) is 0 Å². The topological polar surface area (TPSA) is 50.1 Å². The molecule has 0 atom stereocenters. The second-order valence-corrected chi connectivity index (χ2v) is 7.48. The number of nitrogens with zero attached hydrogens (tertiary/aromatic N) is 1. The quantitative estimate of drug-likeness (QED) is 0.222. The lowest BCUT2D eigenvalue weighted by Crippen LogP contribution is -2.25. The van der Waals surface area contributed by atoms with Gasteiger partial charge in [-0.2, -0.15) is 9.65 Å². The maximum Gasteiger partial charge on any atom is 0.314 e. The molecule has 0 radical (unpaired) electrons. The van der Waals surface area contributed by atoms with Crippen LogP contribution in [0.4, 0.5) is 4.39 Å². The van der Waals surface area contributed by atoms with E-state index in [0.29, 0.717) is 18.1 Å². The van der Waals surface area contributed by atoms with Gasteiger partial charge in [0.15, 0.2) is 5.83 Å². The zero-order valence-electron chi connectivity index (χ0n) is 16.3. The van der Waals surface area contributed by atoms with Gasteiger partial charge in [-0.05, 0) is 81.1 Å². The second kappa shape index (κ2) is 11.5. The number of benzene rings is 1. The Morgan fingerprint density at radius 1 is 1.22 bits per heavy atom. The predicted octanol–water partition coefficient (Wildman–Crippen LogP) is 6.29. The highest BCUT2D eigenvalue weighted by molar-refractivity contribution is 5.75. The molecule has 0 saturated heterocycles. The lowest BCUT2D eigenvalue weighted by Gasteiger charge is -2.26. The molecule has 1 aliphatic carbocycles. The first kappa shape index (κ1) is 21.2. The van der Waals surface area contributed by atoms with Gasteiger partial charge in [-0.1, -0.05) is 31.9 Å². The summed E-state index contributed by atoms with van der Waals surface area (Å²) in [6.45, 7) is 2.20. The van der Waals surface area contributed by atoms with Gasteiger partial charge in [0.25, 0.3) is 0 Å². The number of hydrogen-bond acceptors (Lipinski definition) is 3. The molecule has 0 heterocycles. The number of unbranched alkanes of at least 4 members (excludes halogenated alkanes) is 2. The van der Waals surface area contributed by atoms with Crippen LogP contribution in [0.25, 0.3) is 0 Å². The first-order chi connectivity index (χ1) is 13.1. The van der Waals surface area contributed by atoms with Crippen molar-refractivity contribution in [2.45, 2.75) is 71.1 Å². The monoisotopic (exact) mass is 371 g/mol. The molecule has 27 heavy (non-hydrogen) atoms. The maximum atomic E-state index is 12.8. The van der Waals surface area contributed by atoms with Gasteiger partial charge in [-0.25, -0.2) is 0 Å². The average Bonchev–Trinajstić information content (AvgIpc) is 2.70. The minimum absolute atomic E-state index is 0.0446. The zero-order chi connectivity index (χ0) is 19.5. The molecule has 0 aromatic heterocycles. The van der Waals surface area contributed by atoms with Crippen LogP contribution in [0.2, 0.25) is 0 Å². The molecule has 4 heteroatoms. The van der Waals surface area contributed by atoms with Crippen molar-refractivity contribution >= 4 is 5.97 Å². The fraction of sp³-hybridized carbons (Fsp3) is 0.565. The van der Waals surface area contributed by atoms with Gasteiger partial charge in [0.05, 0.1) is 5.92 Å². The Morgan fingerprint density at radius 3 is 2.56 bits per heavy atom. The van der Waals surface area contributed by atoms with Gasteiger partial charge in [-0.15, -0.1) is 0 Å². The summed E-state index contributed by atoms with van der Waals surface area (Å²) in [4.78, 5) is 12.4. The molecule has 1 fully saturated rings. The van der Waals surface area contributed by atoms with E-state index >= 15 is 0 Å². The molecule has 146 valence electrons. The van der Waals surface area contributed by atoms with E-state index in [1.807, 2.05) is 24.3 Å². The fourth-order valence-corrected chi connectivity index (χ4v) is 3.68. The third kappa shape index (κ3) is 7.54. The summed E-state index contributed by atoms with van der Waals surface area (Å²) in [5.41, 5.74) is 1.28. The maximum absolute atomic E-state index is 12.8. The number of allylic oxidation sites excluding steroid dienone is 2. The van der Waals surface area contributed by atoms with Crippen molar-refractivity contribution in [3.05, 3.63) is 41.7 Å². The molecule has 1 aromatic rings. The Kier molecular flexibility index (Phi) is 9.04. The van der Waals surface area contributed by atoms with E-state index < -0.39 is 5.83 Å². The summed E-state index contributed by atoms with van der Waals surface area (Å²) in [6, 6.07) is 9.37. The van der Waals surface area contributed by atoms with Gasteiger partial charge in [0.1, 0.15) is 11.8 Å². The largest absolute Gasteiger partial charge is 0.426 e. The SMILES string of the molecule is CCCCCc1ccc(OC(=O)C2CCC(CC/C=C(/F)C#N)CC2)cc1. The summed E-state index contributed by atoms with van der Waals surface area (Å²) in [7, 11) is 0. The lowest BCUT2D eigenvalue weighted by atomic mass is 9.80. The number of carbonyl (C=O) groups is 1. The number of nitriles is 1. The molecule has 1 aromatic carbocycles. The molecule has 0 N–H and O–H groups in total. The van der Waals surface area contributed by atoms with E-state index in [9.17, 15) is 9.18 Å². The molecular formula is C23H30FNO2. The van der Waals surface area contributed by atoms with Crippen molar-refractivity contribution < 1.29 is 13.9 Å². The van der Waals surface area contributed by atoms with Crippen LogP contribution in [0.15, 0.2) is 36.2 Å². The lowest BCUT2D eigenvalue weighted by molar-refractivity contribution is -0.140. The van der Waals surface area contributed by atoms with E-state index in [1.54, 1.807) is 0 Å². The molecule has 0 spiro atoms. The van der Waals surface area contributed by atoms with Crippen LogP contribution in [0, 0.1) is 23.2 Å². The van der Waals surface area contributed by atoms with Gasteiger partial charge in [0.2, 0.25) is 0 Å². The van der Waals surface area contributed by atoms with Gasteiger partial charge in [0, 0.05) is 0 Å². The molecule has 0 bridgehead atoms. The average molecular weight is 371 g/mol. The molecule has 0 unspecified atom stereocenters. The smallest absolute Gasteiger partial charge is 0.314 e. The molecule has 1 saturated carbocycles. The van der Waals surface area contributed by atoms with Crippen molar-refractivity contribution in [1.82, 2.24) is 0 Å². The zero-order valence-corrected chi connectivity index (χ0v) is 16.3. The molecule has 3 nitrogen and oxygen atoms in total. The van der Waals surface area contributed by atoms with Crippen LogP contribution < -0.4 is 4.74 Å². The van der Waals surface area contributed by atoms with Crippen LogP contribution in [0.5, 0.6) is 5.75 Å². The Labute approximate surface area is 162 Å². The van der Waals surface area contributed by atoms with E-state index in [2.05, 4.69) is 6.92 Å². The number of rotatable bonds is 9. The first-order valence-electron chi connectivity index (χ1n) is 10.2. The molecule has 0 aliphatic heterocycles. The van der Waals surface area contributed by atoms with E-state index in [1.165, 1.54) is 37.0 Å². The van der Waals surface area contributed by atoms with Crippen molar-refractivity contribution in [3.8, 4) is 11.8 Å². The van der Waals surface area contributed by atoms with Gasteiger partial charge >= 0.3 is 5.97 Å². The second-order valence-electron chi connectivity index (χ2n) is 7.48. The minimum atomic E-state index is -0.705. The first-order valence-corrected chi connectivity index (χ1v) is 10.2. The third-order valence-corrected chi connectivity index (χ3v) is 5.40. The normalized spacial score (nSPS) is 20.1. The van der Waals surface area contributed by atoms with Crippen LogP contribution >= 0.6 is 0 Å². The van der Waals surface area contributed by atoms with Crippen molar-refractivity contribution in [1.29, 1.82) is 5.26 Å². The highest BCUT2D eigenvalue weighted by Gasteiger charge is 2.27. The van der Waals surface area contributed by atoms with E-state index in [0.717, 1.165) is 38.5 Å². The number of esters is 1. The highest BCUT2D eigenvalue weighted by Crippen LogP contribution is 2.32. The van der Waals surface area contributed by atoms with Gasteiger partial charge < -0.3 is 4.74 Å². The number of halogens is 1. The summed E-state index contributed by atoms with van der Waals surface area (Å²) in [5, 5.41) is 8.41. The van der Waals surface area contributed by atoms with Crippen LogP contribution in [-0.4, -0.2) is 5.97 Å². The van der Waals surface area contributed by atoms with Crippen LogP contribution in [0.1, 0.15) is 70.3 Å². The van der Waals surface area contributed by atoms with Crippen LogP contribution in [-0.2, 0) is 11.2 Å². The number of aryl methyl sites for hydroxylation is 1. The van der Waals surface area contributed by atoms with E-state index in [4.69, 9.17) is 10.00 Å². The number of hydrogen-bond donors (Lipinski definition) is 0. The summed E-state index contributed by atoms with van der Waals surface area (Å²) in [5.74, 6) is 0.237. The predicted molar refractivity (Wildman–Crippen MR) is 105 cm³/mol. The van der Waals surface area contributed by atoms with Gasteiger partial charge in [-0.3, -0.25) is 4.79 Å². The third-order valence-electron chi connectivity index (χ3n) is 5.40. The summed E-state index contributed by atoms with van der Waals surface area (Å²) in [6.07, 6.45) is 11.1. The number of carbonyl (C=O) groups excluding carboxylic acids is 1. The molecule has 2 rings (SSSR count). The highest BCUT2D eigenvalue weighted by atomic mass is 19.1. The summed E-state index contributed by atoms with van der Waals surface area (Å²) < 4.78 is 18.4. The van der Waals surface area contributed by atoms with Crippen LogP contribution in [0.3, 0.4) is 0 Å². The minimum Gasteiger partial charge on any atom is -0.426 e. The molecular weight excluding hydrogens is 341 g/mol. The van der Waals surface area contributed by atoms with Crippen molar-refractivity contribution in [3.63, 3.8) is 0 Å². The number of ether oxygens (including phenoxy) is 1. The van der Waals surface area contributed by atoms with E-state index in [-0.39, 0.29) is 11.9 Å². The summed E-state index contributed by atoms with van der Waals surface area (Å²) >= 11 is 0. The fourth-order valence-electron chi connectivity index (χ4n) is 3.68. The Balaban J connectivity index is 1.72. The Morgan fingerprint density at radius 2 is 1.93 bits per heavy atom. The molecule has 0 amide bonds.